The molecule has 2 fully saturated rings. The van der Waals surface area contributed by atoms with Crippen LogP contribution < -0.4 is 10.1 Å². The van der Waals surface area contributed by atoms with Crippen LogP contribution in [0.1, 0.15) is 42.3 Å². The molecule has 1 saturated carbocycles. The Morgan fingerprint density at radius 1 is 1.13 bits per heavy atom. The molecule has 1 saturated heterocycles. The van der Waals surface area contributed by atoms with Crippen LogP contribution in [0.2, 0.25) is 0 Å². The number of guanidine groups is 1. The normalized spacial score (nSPS) is 17.0. The molecule has 2 heterocycles. The highest BCUT2D eigenvalue weighted by Gasteiger charge is 2.25. The van der Waals surface area contributed by atoms with Crippen LogP contribution in [-0.4, -0.2) is 60.5 Å². The summed E-state index contributed by atoms with van der Waals surface area (Å²) in [7, 11) is 0. The Hall–Kier alpha value is -2.23. The predicted molar refractivity (Wildman–Crippen MR) is 131 cm³/mol. The van der Waals surface area contributed by atoms with E-state index >= 15 is 0 Å². The number of rotatable bonds is 6. The number of halogens is 1. The van der Waals surface area contributed by atoms with Gasteiger partial charge in [0.1, 0.15) is 5.75 Å². The minimum Gasteiger partial charge on any atom is -0.490 e. The van der Waals surface area contributed by atoms with Gasteiger partial charge in [-0.3, -0.25) is 4.79 Å². The van der Waals surface area contributed by atoms with Crippen molar-refractivity contribution in [2.45, 2.75) is 38.8 Å². The predicted octanol–water partition coefficient (Wildman–Crippen LogP) is 3.75. The lowest BCUT2D eigenvalue weighted by atomic mass is 9.96. The number of benzene rings is 1. The summed E-state index contributed by atoms with van der Waals surface area (Å²) in [5.41, 5.74) is 1.10. The maximum atomic E-state index is 12.5. The SMILES string of the molecule is CCNC(=NCc1ccccc1OC1CCC1)N1CCN(C(=O)c2ccco2)CC1.I. The number of para-hydroxylation sites is 1. The zero-order valence-electron chi connectivity index (χ0n) is 18.0. The summed E-state index contributed by atoms with van der Waals surface area (Å²) in [6.07, 6.45) is 5.42. The first-order chi connectivity index (χ1) is 14.7. The summed E-state index contributed by atoms with van der Waals surface area (Å²) >= 11 is 0. The van der Waals surface area contributed by atoms with Gasteiger partial charge in [0, 0.05) is 38.3 Å². The molecular weight excluding hydrogens is 507 g/mol. The zero-order chi connectivity index (χ0) is 20.8. The number of amides is 1. The fourth-order valence-electron chi connectivity index (χ4n) is 3.68. The van der Waals surface area contributed by atoms with E-state index in [1.807, 2.05) is 23.1 Å². The number of carbonyl (C=O) groups excluding carboxylic acids is 1. The molecule has 0 atom stereocenters. The van der Waals surface area contributed by atoms with Crippen LogP contribution in [0.15, 0.2) is 52.1 Å². The number of nitrogens with one attached hydrogen (secondary N) is 1. The van der Waals surface area contributed by atoms with Crippen molar-refractivity contribution in [3.63, 3.8) is 0 Å². The van der Waals surface area contributed by atoms with Gasteiger partial charge >= 0.3 is 0 Å². The number of nitrogens with zero attached hydrogens (tertiary/aromatic N) is 3. The van der Waals surface area contributed by atoms with Gasteiger partial charge in [-0.1, -0.05) is 18.2 Å². The first kappa shape index (κ1) is 23.4. The maximum absolute atomic E-state index is 12.5. The van der Waals surface area contributed by atoms with Gasteiger partial charge in [-0.25, -0.2) is 4.99 Å². The molecule has 1 amide bonds. The topological polar surface area (TPSA) is 70.3 Å². The van der Waals surface area contributed by atoms with Crippen LogP contribution in [0.3, 0.4) is 0 Å². The van der Waals surface area contributed by atoms with Crippen LogP contribution in [-0.2, 0) is 6.54 Å². The molecule has 31 heavy (non-hydrogen) atoms. The number of carbonyl (C=O) groups is 1. The maximum Gasteiger partial charge on any atom is 0.289 e. The van der Waals surface area contributed by atoms with E-state index in [1.165, 1.54) is 12.7 Å². The van der Waals surface area contributed by atoms with Crippen LogP contribution >= 0.6 is 24.0 Å². The zero-order valence-corrected chi connectivity index (χ0v) is 20.3. The number of hydrogen-bond donors (Lipinski definition) is 1. The Labute approximate surface area is 200 Å². The summed E-state index contributed by atoms with van der Waals surface area (Å²) in [6, 6.07) is 11.6. The molecule has 0 radical (unpaired) electrons. The number of aliphatic imine (C=N–C) groups is 1. The summed E-state index contributed by atoms with van der Waals surface area (Å²) in [6.45, 7) is 6.19. The number of piperazine rings is 1. The Morgan fingerprint density at radius 2 is 1.87 bits per heavy atom. The molecule has 0 bridgehead atoms. The van der Waals surface area contributed by atoms with Gasteiger partial charge in [0.2, 0.25) is 0 Å². The first-order valence-corrected chi connectivity index (χ1v) is 10.8. The standard InChI is InChI=1S/C23H30N4O3.HI/c1-2-24-23(25-17-18-7-3-4-10-20(18)30-19-8-5-9-19)27-14-12-26(13-15-27)22(28)21-11-6-16-29-21;/h3-4,6-7,10-11,16,19H,2,5,8-9,12-15,17H2,1H3,(H,24,25);1H. The second-order valence-electron chi connectivity index (χ2n) is 7.71. The van der Waals surface area contributed by atoms with Crippen LogP contribution in [0, 0.1) is 0 Å². The molecule has 8 heteroatoms. The molecule has 1 N–H and O–H groups in total. The van der Waals surface area contributed by atoms with Crippen LogP contribution in [0.25, 0.3) is 0 Å². The Morgan fingerprint density at radius 3 is 2.52 bits per heavy atom. The van der Waals surface area contributed by atoms with Gasteiger partial charge in [-0.2, -0.15) is 0 Å². The molecule has 4 rings (SSSR count). The van der Waals surface area contributed by atoms with E-state index in [0.29, 0.717) is 31.5 Å². The lowest BCUT2D eigenvalue weighted by Crippen LogP contribution is -2.53. The highest BCUT2D eigenvalue weighted by Crippen LogP contribution is 2.28. The molecule has 1 aromatic carbocycles. The van der Waals surface area contributed by atoms with Crippen molar-refractivity contribution in [3.05, 3.63) is 54.0 Å². The Bertz CT molecular complexity index is 859. The van der Waals surface area contributed by atoms with Gasteiger partial charge < -0.3 is 24.3 Å². The van der Waals surface area contributed by atoms with Gasteiger partial charge in [-0.15, -0.1) is 24.0 Å². The molecular formula is C23H31IN4O3. The summed E-state index contributed by atoms with van der Waals surface area (Å²) < 4.78 is 11.4. The smallest absolute Gasteiger partial charge is 0.289 e. The van der Waals surface area contributed by atoms with E-state index in [-0.39, 0.29) is 29.9 Å². The van der Waals surface area contributed by atoms with Crippen molar-refractivity contribution >= 4 is 35.8 Å². The molecule has 1 aliphatic carbocycles. The third-order valence-corrected chi connectivity index (χ3v) is 5.65. The lowest BCUT2D eigenvalue weighted by Gasteiger charge is -2.36. The minimum atomic E-state index is -0.0522. The summed E-state index contributed by atoms with van der Waals surface area (Å²) in [4.78, 5) is 21.4. The van der Waals surface area contributed by atoms with Crippen molar-refractivity contribution in [2.75, 3.05) is 32.7 Å². The monoisotopic (exact) mass is 538 g/mol. The quantitative estimate of drug-likeness (QED) is 0.345. The lowest BCUT2D eigenvalue weighted by molar-refractivity contribution is 0.0657. The third kappa shape index (κ3) is 5.93. The second-order valence-corrected chi connectivity index (χ2v) is 7.71. The van der Waals surface area contributed by atoms with E-state index in [4.69, 9.17) is 14.1 Å². The molecule has 0 unspecified atom stereocenters. The number of ether oxygens (including phenoxy) is 1. The van der Waals surface area contributed by atoms with E-state index in [9.17, 15) is 4.79 Å². The van der Waals surface area contributed by atoms with Crippen molar-refractivity contribution in [1.29, 1.82) is 0 Å². The minimum absolute atomic E-state index is 0. The number of furan rings is 1. The fourth-order valence-corrected chi connectivity index (χ4v) is 3.68. The first-order valence-electron chi connectivity index (χ1n) is 10.8. The second kappa shape index (κ2) is 11.4. The fraction of sp³-hybridized carbons (Fsp3) is 0.478. The molecule has 1 aliphatic heterocycles. The molecule has 168 valence electrons. The van der Waals surface area contributed by atoms with Crippen molar-refractivity contribution < 1.29 is 13.9 Å². The molecule has 2 aliphatic rings. The van der Waals surface area contributed by atoms with E-state index in [0.717, 1.165) is 49.7 Å². The Balaban J connectivity index is 0.00000272. The van der Waals surface area contributed by atoms with E-state index < -0.39 is 0 Å². The van der Waals surface area contributed by atoms with E-state index in [2.05, 4.69) is 23.2 Å². The van der Waals surface area contributed by atoms with E-state index in [1.54, 1.807) is 12.1 Å². The van der Waals surface area contributed by atoms with Crippen LogP contribution in [0.4, 0.5) is 0 Å². The summed E-state index contributed by atoms with van der Waals surface area (Å²) in [5, 5.41) is 3.39. The molecule has 2 aromatic rings. The van der Waals surface area contributed by atoms with Gasteiger partial charge in [0.15, 0.2) is 11.7 Å². The average Bonchev–Trinajstić information content (AvgIpc) is 3.29. The Kier molecular flexibility index (Phi) is 8.62. The molecule has 1 aromatic heterocycles. The van der Waals surface area contributed by atoms with Crippen LogP contribution in [0.5, 0.6) is 5.75 Å². The van der Waals surface area contributed by atoms with Crippen molar-refractivity contribution in [3.8, 4) is 5.75 Å². The molecule has 7 nitrogen and oxygen atoms in total. The summed E-state index contributed by atoms with van der Waals surface area (Å²) in [5.74, 6) is 2.16. The van der Waals surface area contributed by atoms with Crippen molar-refractivity contribution in [1.82, 2.24) is 15.1 Å². The third-order valence-electron chi connectivity index (χ3n) is 5.65. The highest BCUT2D eigenvalue weighted by molar-refractivity contribution is 14.0. The largest absolute Gasteiger partial charge is 0.490 e. The van der Waals surface area contributed by atoms with Gasteiger partial charge in [0.25, 0.3) is 5.91 Å². The van der Waals surface area contributed by atoms with Gasteiger partial charge in [0.05, 0.1) is 18.9 Å². The molecule has 0 spiro atoms. The van der Waals surface area contributed by atoms with Crippen molar-refractivity contribution in [2.24, 2.45) is 4.99 Å². The number of hydrogen-bond acceptors (Lipinski definition) is 4. The van der Waals surface area contributed by atoms with Gasteiger partial charge in [-0.05, 0) is 44.4 Å². The average molecular weight is 538 g/mol. The highest BCUT2D eigenvalue weighted by atomic mass is 127.